The van der Waals surface area contributed by atoms with Crippen LogP contribution in [0.1, 0.15) is 142 Å². The van der Waals surface area contributed by atoms with Crippen LogP contribution in [-0.2, 0) is 32.7 Å². The lowest BCUT2D eigenvalue weighted by molar-refractivity contribution is -0.870. The molecule has 0 radical (unpaired) electrons. The lowest BCUT2D eigenvalue weighted by Gasteiger charge is -2.28. The molecule has 0 saturated carbocycles. The van der Waals surface area contributed by atoms with Crippen molar-refractivity contribution in [3.8, 4) is 0 Å². The summed E-state index contributed by atoms with van der Waals surface area (Å²) in [5.41, 5.74) is 0. The number of hydrogen-bond acceptors (Lipinski definition) is 8. The molecule has 0 bridgehead atoms. The van der Waals surface area contributed by atoms with E-state index < -0.39 is 32.5 Å². The summed E-state index contributed by atoms with van der Waals surface area (Å²) in [6.45, 7) is 3.96. The Labute approximate surface area is 353 Å². The molecule has 0 rings (SSSR count). The smallest absolute Gasteiger partial charge is 0.306 e. The van der Waals surface area contributed by atoms with E-state index in [1.165, 1.54) is 25.7 Å². The molecule has 0 heterocycles. The van der Waals surface area contributed by atoms with Crippen molar-refractivity contribution >= 4 is 19.8 Å². The summed E-state index contributed by atoms with van der Waals surface area (Å²) in [6.07, 6.45) is 51.5. The molecule has 0 saturated heterocycles. The monoisotopic (exact) mass is 830 g/mol. The van der Waals surface area contributed by atoms with Gasteiger partial charge in [0.15, 0.2) is 6.10 Å². The molecule has 0 fully saturated rings. The zero-order valence-corrected chi connectivity index (χ0v) is 37.8. The summed E-state index contributed by atoms with van der Waals surface area (Å²) in [5, 5.41) is 0. The van der Waals surface area contributed by atoms with E-state index in [4.69, 9.17) is 18.5 Å². The predicted octanol–water partition coefficient (Wildman–Crippen LogP) is 11.9. The highest BCUT2D eigenvalue weighted by molar-refractivity contribution is 7.45. The molecule has 0 aliphatic heterocycles. The second-order valence-corrected chi connectivity index (χ2v) is 16.7. The normalized spacial score (nSPS) is 14.5. The SMILES string of the molecule is CC/C=C/C/C=C/C/C=C/C/C=C/C/C=C/CCCC(=O)OC[C@H](COP(=O)([O-])OCC[N+](C)(C)C)OC(=O)CCCCCC/C=C/C/C=C/C/C=C/CCCCC. The first-order valence-electron chi connectivity index (χ1n) is 21.9. The molecule has 0 aromatic carbocycles. The molecular weight excluding hydrogens is 750 g/mol. The fourth-order valence-corrected chi connectivity index (χ4v) is 5.89. The molecule has 0 spiro atoms. The van der Waals surface area contributed by atoms with Crippen molar-refractivity contribution in [1.82, 2.24) is 0 Å². The third-order valence-electron chi connectivity index (χ3n) is 8.59. The van der Waals surface area contributed by atoms with Crippen LogP contribution in [0.15, 0.2) is 97.2 Å². The quantitative estimate of drug-likeness (QED) is 0.0199. The number of phosphoric ester groups is 1. The Morgan fingerprint density at radius 3 is 1.50 bits per heavy atom. The predicted molar refractivity (Wildman–Crippen MR) is 240 cm³/mol. The van der Waals surface area contributed by atoms with Gasteiger partial charge < -0.3 is 27.9 Å². The topological polar surface area (TPSA) is 111 Å². The van der Waals surface area contributed by atoms with E-state index in [1.807, 2.05) is 27.2 Å². The Kier molecular flexibility index (Phi) is 37.3. The molecule has 10 heteroatoms. The Morgan fingerprint density at radius 1 is 0.552 bits per heavy atom. The number of nitrogens with zero attached hydrogens (tertiary/aromatic N) is 1. The lowest BCUT2D eigenvalue weighted by Crippen LogP contribution is -2.37. The summed E-state index contributed by atoms with van der Waals surface area (Å²) in [4.78, 5) is 37.5. The third kappa shape index (κ3) is 42.5. The highest BCUT2D eigenvalue weighted by Crippen LogP contribution is 2.38. The van der Waals surface area contributed by atoms with Crippen LogP contribution in [0.25, 0.3) is 0 Å². The number of quaternary nitrogens is 1. The first-order valence-corrected chi connectivity index (χ1v) is 23.4. The first kappa shape index (κ1) is 54.9. The highest BCUT2D eigenvalue weighted by atomic mass is 31.2. The second-order valence-electron chi connectivity index (χ2n) is 15.3. The minimum atomic E-state index is -4.65. The number of ether oxygens (including phenoxy) is 2. The number of phosphoric acid groups is 1. The fourth-order valence-electron chi connectivity index (χ4n) is 5.17. The van der Waals surface area contributed by atoms with E-state index in [0.29, 0.717) is 23.9 Å². The Morgan fingerprint density at radius 2 is 1.00 bits per heavy atom. The molecule has 0 aliphatic carbocycles. The molecule has 9 nitrogen and oxygen atoms in total. The second kappa shape index (κ2) is 39.4. The van der Waals surface area contributed by atoms with Gasteiger partial charge >= 0.3 is 11.9 Å². The van der Waals surface area contributed by atoms with Gasteiger partial charge in [0.2, 0.25) is 0 Å². The molecule has 2 atom stereocenters. The standard InChI is InChI=1S/C48H80NO8P/c1-6-8-10-12-14-16-18-20-22-24-26-28-30-32-34-36-38-40-47(50)54-44-46(45-56-58(52,53)55-43-42-49(3,4)5)57-48(51)41-39-37-35-33-31-29-27-25-23-21-19-17-15-13-11-9-7-2/h8,10,14-17,20-23,26-29,32,34,46H,6-7,9,11-13,18-19,24-25,30-31,33,35-45H2,1-5H3/b10-8+,16-14+,17-15+,22-20+,23-21+,28-26+,29-27+,34-32+/t46-/m1/s1. The van der Waals surface area contributed by atoms with Crippen LogP contribution in [0.4, 0.5) is 0 Å². The number of hydrogen-bond donors (Lipinski definition) is 0. The Balaban J connectivity index is 4.53. The number of rotatable bonds is 38. The minimum Gasteiger partial charge on any atom is -0.756 e. The number of allylic oxidation sites excluding steroid dienone is 16. The van der Waals surface area contributed by atoms with Crippen molar-refractivity contribution in [2.45, 2.75) is 148 Å². The minimum absolute atomic E-state index is 0.0500. The van der Waals surface area contributed by atoms with Gasteiger partial charge in [0.25, 0.3) is 7.82 Å². The van der Waals surface area contributed by atoms with Crippen LogP contribution in [0.5, 0.6) is 0 Å². The van der Waals surface area contributed by atoms with Crippen molar-refractivity contribution < 1.29 is 42.1 Å². The van der Waals surface area contributed by atoms with Crippen molar-refractivity contribution in [3.63, 3.8) is 0 Å². The van der Waals surface area contributed by atoms with Crippen molar-refractivity contribution in [2.75, 3.05) is 47.5 Å². The van der Waals surface area contributed by atoms with Gasteiger partial charge in [0.05, 0.1) is 27.7 Å². The van der Waals surface area contributed by atoms with E-state index in [9.17, 15) is 19.0 Å². The summed E-state index contributed by atoms with van der Waals surface area (Å²) in [7, 11) is 1.10. The van der Waals surface area contributed by atoms with Crippen LogP contribution in [0, 0.1) is 0 Å². The number of carbonyl (C=O) groups excluding carboxylic acids is 2. The molecule has 1 unspecified atom stereocenters. The van der Waals surface area contributed by atoms with Crippen molar-refractivity contribution in [3.05, 3.63) is 97.2 Å². The molecule has 58 heavy (non-hydrogen) atoms. The molecule has 0 aromatic heterocycles. The van der Waals surface area contributed by atoms with E-state index in [0.717, 1.165) is 77.0 Å². The van der Waals surface area contributed by atoms with Crippen LogP contribution < -0.4 is 4.89 Å². The number of unbranched alkanes of at least 4 members (excludes halogenated alkanes) is 8. The van der Waals surface area contributed by atoms with Crippen LogP contribution in [0.2, 0.25) is 0 Å². The van der Waals surface area contributed by atoms with E-state index in [2.05, 4.69) is 105 Å². The number of carbonyl (C=O) groups is 2. The summed E-state index contributed by atoms with van der Waals surface area (Å²) in [5.74, 6) is -0.939. The highest BCUT2D eigenvalue weighted by Gasteiger charge is 2.21. The third-order valence-corrected chi connectivity index (χ3v) is 9.55. The summed E-state index contributed by atoms with van der Waals surface area (Å²) in [6, 6.07) is 0. The van der Waals surface area contributed by atoms with Crippen LogP contribution in [0.3, 0.4) is 0 Å². The first-order chi connectivity index (χ1) is 28.0. The summed E-state index contributed by atoms with van der Waals surface area (Å²) < 4.78 is 33.8. The van der Waals surface area contributed by atoms with Crippen LogP contribution >= 0.6 is 7.82 Å². The van der Waals surface area contributed by atoms with E-state index in [1.54, 1.807) is 0 Å². The van der Waals surface area contributed by atoms with E-state index in [-0.39, 0.29) is 26.1 Å². The molecular formula is C48H80NO8P. The molecule has 0 aliphatic rings. The van der Waals surface area contributed by atoms with Gasteiger partial charge in [-0.1, -0.05) is 137 Å². The summed E-state index contributed by atoms with van der Waals surface area (Å²) >= 11 is 0. The van der Waals surface area contributed by atoms with Gasteiger partial charge in [-0.25, -0.2) is 0 Å². The van der Waals surface area contributed by atoms with Crippen LogP contribution in [-0.4, -0.2) is 70.0 Å². The fraction of sp³-hybridized carbons (Fsp3) is 0.625. The Hall–Kier alpha value is -3.07. The average Bonchev–Trinajstić information content (AvgIpc) is 3.17. The molecule has 0 aromatic rings. The molecule has 0 amide bonds. The van der Waals surface area contributed by atoms with E-state index >= 15 is 0 Å². The maximum atomic E-state index is 12.7. The van der Waals surface area contributed by atoms with Gasteiger partial charge in [-0.3, -0.25) is 14.2 Å². The van der Waals surface area contributed by atoms with Gasteiger partial charge in [0, 0.05) is 12.8 Å². The Bertz CT molecular complexity index is 1300. The van der Waals surface area contributed by atoms with Gasteiger partial charge in [-0.15, -0.1) is 0 Å². The molecule has 0 N–H and O–H groups in total. The largest absolute Gasteiger partial charge is 0.756 e. The van der Waals surface area contributed by atoms with Gasteiger partial charge in [-0.2, -0.15) is 0 Å². The van der Waals surface area contributed by atoms with Gasteiger partial charge in [0.1, 0.15) is 19.8 Å². The van der Waals surface area contributed by atoms with Crippen molar-refractivity contribution in [2.24, 2.45) is 0 Å². The zero-order chi connectivity index (χ0) is 42.8. The molecule has 330 valence electrons. The maximum Gasteiger partial charge on any atom is 0.306 e. The maximum absolute atomic E-state index is 12.7. The number of likely N-dealkylation sites (N-methyl/N-ethyl adjacent to an activating group) is 1. The number of esters is 2. The zero-order valence-electron chi connectivity index (χ0n) is 36.9. The van der Waals surface area contributed by atoms with Crippen molar-refractivity contribution in [1.29, 1.82) is 0 Å². The van der Waals surface area contributed by atoms with Gasteiger partial charge in [-0.05, 0) is 89.9 Å². The average molecular weight is 830 g/mol. The lowest BCUT2D eigenvalue weighted by atomic mass is 10.1.